The first kappa shape index (κ1) is 15.2. The fraction of sp³-hybridized carbons (Fsp3) is 0.588. The van der Waals surface area contributed by atoms with Gasteiger partial charge in [0.05, 0.1) is 6.61 Å². The van der Waals surface area contributed by atoms with E-state index in [0.29, 0.717) is 5.92 Å². The van der Waals surface area contributed by atoms with E-state index in [-0.39, 0.29) is 6.03 Å². The van der Waals surface area contributed by atoms with Crippen LogP contribution in [-0.2, 0) is 6.42 Å². The summed E-state index contributed by atoms with van der Waals surface area (Å²) in [7, 11) is 2.10. The molecular weight excluding hydrogens is 278 g/mol. The molecule has 3 rings (SSSR count). The number of nitrogens with one attached hydrogen (secondary N) is 1. The Balaban J connectivity index is 1.50. The molecule has 1 aromatic carbocycles. The molecule has 0 saturated carbocycles. The zero-order valence-corrected chi connectivity index (χ0v) is 13.3. The minimum Gasteiger partial charge on any atom is -0.493 e. The largest absolute Gasteiger partial charge is 0.493 e. The van der Waals surface area contributed by atoms with E-state index in [4.69, 9.17) is 4.74 Å². The third-order valence-corrected chi connectivity index (χ3v) is 4.60. The molecule has 1 N–H and O–H groups in total. The Morgan fingerprint density at radius 3 is 2.86 bits per heavy atom. The van der Waals surface area contributed by atoms with Crippen LogP contribution in [0.1, 0.15) is 12.0 Å². The Bertz CT molecular complexity index is 512. The monoisotopic (exact) mass is 303 g/mol. The van der Waals surface area contributed by atoms with E-state index >= 15 is 0 Å². The normalized spacial score (nSPS) is 22.4. The number of piperazine rings is 1. The van der Waals surface area contributed by atoms with Crippen LogP contribution >= 0.6 is 0 Å². The molecule has 1 saturated heterocycles. The number of hydrogen-bond donors (Lipinski definition) is 1. The van der Waals surface area contributed by atoms with Crippen molar-refractivity contribution < 1.29 is 9.53 Å². The van der Waals surface area contributed by atoms with Gasteiger partial charge in [-0.15, -0.1) is 0 Å². The number of amides is 2. The van der Waals surface area contributed by atoms with Crippen LogP contribution < -0.4 is 10.1 Å². The average molecular weight is 303 g/mol. The molecule has 5 nitrogen and oxygen atoms in total. The Labute approximate surface area is 132 Å². The average Bonchev–Trinajstić information content (AvgIpc) is 2.75. The lowest BCUT2D eigenvalue weighted by Gasteiger charge is -2.32. The summed E-state index contributed by atoms with van der Waals surface area (Å²) in [6, 6.07) is 8.28. The molecule has 0 aliphatic carbocycles. The van der Waals surface area contributed by atoms with E-state index < -0.39 is 0 Å². The fourth-order valence-corrected chi connectivity index (χ4v) is 3.09. The van der Waals surface area contributed by atoms with Crippen molar-refractivity contribution in [1.29, 1.82) is 0 Å². The highest BCUT2D eigenvalue weighted by atomic mass is 16.5. The molecule has 0 bridgehead atoms. The molecule has 2 aliphatic rings. The third kappa shape index (κ3) is 3.71. The number of hydrogen-bond acceptors (Lipinski definition) is 3. The van der Waals surface area contributed by atoms with Crippen LogP contribution in [0.5, 0.6) is 5.75 Å². The Morgan fingerprint density at radius 2 is 2.05 bits per heavy atom. The van der Waals surface area contributed by atoms with E-state index in [2.05, 4.69) is 23.3 Å². The Morgan fingerprint density at radius 1 is 1.27 bits per heavy atom. The first-order valence-corrected chi connectivity index (χ1v) is 8.14. The van der Waals surface area contributed by atoms with Crippen molar-refractivity contribution in [3.63, 3.8) is 0 Å². The van der Waals surface area contributed by atoms with E-state index in [0.717, 1.165) is 57.9 Å². The molecule has 22 heavy (non-hydrogen) atoms. The second-order valence-corrected chi connectivity index (χ2v) is 6.29. The number of carbonyl (C=O) groups is 1. The summed E-state index contributed by atoms with van der Waals surface area (Å²) in [6.07, 6.45) is 1.96. The van der Waals surface area contributed by atoms with Crippen molar-refractivity contribution in [2.24, 2.45) is 5.92 Å². The number of para-hydroxylation sites is 1. The maximum Gasteiger partial charge on any atom is 0.317 e. The predicted octanol–water partition coefficient (Wildman–Crippen LogP) is 1.58. The molecule has 120 valence electrons. The third-order valence-electron chi connectivity index (χ3n) is 4.60. The second kappa shape index (κ2) is 7.01. The lowest BCUT2D eigenvalue weighted by Crippen LogP contribution is -2.51. The zero-order chi connectivity index (χ0) is 15.4. The van der Waals surface area contributed by atoms with Crippen LogP contribution in [0.2, 0.25) is 0 Å². The van der Waals surface area contributed by atoms with Crippen LogP contribution in [0.4, 0.5) is 4.79 Å². The van der Waals surface area contributed by atoms with Crippen LogP contribution in [0.15, 0.2) is 24.3 Å². The summed E-state index contributed by atoms with van der Waals surface area (Å²) < 4.78 is 5.78. The van der Waals surface area contributed by atoms with E-state index in [1.807, 2.05) is 23.1 Å². The first-order chi connectivity index (χ1) is 10.7. The lowest BCUT2D eigenvalue weighted by atomic mass is 9.97. The number of carbonyl (C=O) groups excluding carboxylic acids is 1. The summed E-state index contributed by atoms with van der Waals surface area (Å²) in [4.78, 5) is 16.4. The van der Waals surface area contributed by atoms with Crippen molar-refractivity contribution in [1.82, 2.24) is 15.1 Å². The Hall–Kier alpha value is -1.75. The fourth-order valence-electron chi connectivity index (χ4n) is 3.09. The topological polar surface area (TPSA) is 44.8 Å². The van der Waals surface area contributed by atoms with E-state index in [1.54, 1.807) is 0 Å². The van der Waals surface area contributed by atoms with Gasteiger partial charge >= 0.3 is 6.03 Å². The maximum absolute atomic E-state index is 12.2. The number of ether oxygens (including phenoxy) is 1. The molecule has 1 fully saturated rings. The summed E-state index contributed by atoms with van der Waals surface area (Å²) in [6.45, 7) is 5.00. The molecule has 0 aromatic heterocycles. The number of urea groups is 1. The lowest BCUT2D eigenvalue weighted by molar-refractivity contribution is 0.153. The van der Waals surface area contributed by atoms with E-state index in [9.17, 15) is 4.79 Å². The highest BCUT2D eigenvalue weighted by Crippen LogP contribution is 2.26. The number of nitrogens with zero attached hydrogens (tertiary/aromatic N) is 2. The summed E-state index contributed by atoms with van der Waals surface area (Å²) in [5.74, 6) is 1.44. The Kier molecular flexibility index (Phi) is 4.83. The van der Waals surface area contributed by atoms with E-state index in [1.165, 1.54) is 5.56 Å². The van der Waals surface area contributed by atoms with Crippen molar-refractivity contribution >= 4 is 6.03 Å². The number of rotatable bonds is 2. The predicted molar refractivity (Wildman–Crippen MR) is 86.2 cm³/mol. The van der Waals surface area contributed by atoms with Gasteiger partial charge in [-0.3, -0.25) is 0 Å². The van der Waals surface area contributed by atoms with Gasteiger partial charge in [-0.05, 0) is 37.4 Å². The zero-order valence-electron chi connectivity index (χ0n) is 13.3. The van der Waals surface area contributed by atoms with Crippen LogP contribution in [0.25, 0.3) is 0 Å². The molecular formula is C17H25N3O2. The first-order valence-electron chi connectivity index (χ1n) is 8.14. The van der Waals surface area contributed by atoms with Crippen molar-refractivity contribution in [2.75, 3.05) is 46.4 Å². The molecule has 2 heterocycles. The van der Waals surface area contributed by atoms with Gasteiger partial charge in [-0.1, -0.05) is 18.2 Å². The quantitative estimate of drug-likeness (QED) is 0.902. The molecule has 2 aliphatic heterocycles. The van der Waals surface area contributed by atoms with Crippen LogP contribution in [0, 0.1) is 5.92 Å². The summed E-state index contributed by atoms with van der Waals surface area (Å²) in [5, 5.41) is 3.11. The molecule has 0 radical (unpaired) electrons. The van der Waals surface area contributed by atoms with Gasteiger partial charge in [0.25, 0.3) is 0 Å². The van der Waals surface area contributed by atoms with Gasteiger partial charge in [-0.2, -0.15) is 0 Å². The molecule has 2 amide bonds. The summed E-state index contributed by atoms with van der Waals surface area (Å²) >= 11 is 0. The smallest absolute Gasteiger partial charge is 0.317 e. The molecule has 0 unspecified atom stereocenters. The van der Waals surface area contributed by atoms with Crippen LogP contribution in [0.3, 0.4) is 0 Å². The molecule has 1 atom stereocenters. The maximum atomic E-state index is 12.2. The minimum atomic E-state index is 0.0755. The molecule has 0 spiro atoms. The van der Waals surface area contributed by atoms with Gasteiger partial charge < -0.3 is 19.9 Å². The molecule has 1 aromatic rings. The van der Waals surface area contributed by atoms with Crippen molar-refractivity contribution in [2.45, 2.75) is 12.8 Å². The standard InChI is InChI=1S/C17H25N3O2/c1-19-7-9-20(10-8-19)17(21)18-13-14-6-11-22-16-5-3-2-4-15(16)12-14/h2-5,14H,6-13H2,1H3,(H,18,21)/t14-/m0/s1. The number of fused-ring (bicyclic) bond motifs is 1. The van der Waals surface area contributed by atoms with Crippen molar-refractivity contribution in [3.05, 3.63) is 29.8 Å². The number of likely N-dealkylation sites (N-methyl/N-ethyl adjacent to an activating group) is 1. The minimum absolute atomic E-state index is 0.0755. The van der Waals surface area contributed by atoms with Gasteiger partial charge in [0.1, 0.15) is 5.75 Å². The SMILES string of the molecule is CN1CCN(C(=O)NC[C@H]2CCOc3ccccc3C2)CC1. The van der Waals surface area contributed by atoms with Gasteiger partial charge in [0.15, 0.2) is 0 Å². The number of benzene rings is 1. The highest BCUT2D eigenvalue weighted by Gasteiger charge is 2.21. The summed E-state index contributed by atoms with van der Waals surface area (Å²) in [5.41, 5.74) is 1.25. The molecule has 5 heteroatoms. The van der Waals surface area contributed by atoms with Gasteiger partial charge in [0.2, 0.25) is 0 Å². The van der Waals surface area contributed by atoms with Gasteiger partial charge in [-0.25, -0.2) is 4.79 Å². The van der Waals surface area contributed by atoms with Crippen molar-refractivity contribution in [3.8, 4) is 5.75 Å². The van der Waals surface area contributed by atoms with Gasteiger partial charge in [0, 0.05) is 32.7 Å². The van der Waals surface area contributed by atoms with Crippen LogP contribution in [-0.4, -0.2) is 62.2 Å². The highest BCUT2D eigenvalue weighted by molar-refractivity contribution is 5.74. The second-order valence-electron chi connectivity index (χ2n) is 6.29.